The summed E-state index contributed by atoms with van der Waals surface area (Å²) in [5.41, 5.74) is 4.99. The van der Waals surface area contributed by atoms with Crippen LogP contribution in [0.5, 0.6) is 11.5 Å². The first-order chi connectivity index (χ1) is 13.0. The molecule has 10 heteroatoms. The number of nitrogens with two attached hydrogens (primary N) is 1. The minimum absolute atomic E-state index is 0.286. The molecule has 2 heterocycles. The van der Waals surface area contributed by atoms with Gasteiger partial charge in [0.25, 0.3) is 0 Å². The first-order valence-corrected chi connectivity index (χ1v) is 9.07. The molecule has 0 saturated heterocycles. The Kier molecular flexibility index (Phi) is 5.65. The van der Waals surface area contributed by atoms with Crippen molar-refractivity contribution in [3.8, 4) is 11.5 Å². The van der Waals surface area contributed by atoms with E-state index >= 15 is 0 Å². The van der Waals surface area contributed by atoms with Crippen LogP contribution in [0.1, 0.15) is 18.9 Å². The zero-order valence-corrected chi connectivity index (χ0v) is 15.4. The van der Waals surface area contributed by atoms with Crippen LogP contribution in [0.15, 0.2) is 42.1 Å². The van der Waals surface area contributed by atoms with Crippen molar-refractivity contribution in [2.45, 2.75) is 30.0 Å². The van der Waals surface area contributed by atoms with E-state index in [1.807, 2.05) is 24.3 Å². The van der Waals surface area contributed by atoms with Gasteiger partial charge < -0.3 is 15.2 Å². The number of primary amides is 1. The first-order valence-electron chi connectivity index (χ1n) is 8.19. The largest absolute Gasteiger partial charge is 0.485 e. The Bertz CT molecular complexity index is 869. The number of allylic oxidation sites excluding steroid dienone is 1. The summed E-state index contributed by atoms with van der Waals surface area (Å²) in [7, 11) is 0. The fraction of sp³-hybridized carbons (Fsp3) is 0.294. The maximum Gasteiger partial charge on any atom is 0.318 e. The molecule has 0 saturated carbocycles. The number of imide groups is 1. The number of fused-ring (bicyclic) bond motifs is 1. The van der Waals surface area contributed by atoms with Crippen LogP contribution < -0.4 is 20.5 Å². The number of rotatable bonds is 6. The normalized spacial score (nSPS) is 16.4. The maximum absolute atomic E-state index is 11.9. The maximum atomic E-state index is 11.9. The first kappa shape index (κ1) is 18.8. The second-order valence-electron chi connectivity index (χ2n) is 5.72. The standard InChI is InChI=1S/C17H19N5O4S/c1-3-8-22-14(13-9-25-11-6-4-5-7-12(11)26-13)20-21-17(22)27-10(2)15(23)19-16(18)24/h3-7,10,13H,1,8-9H2,2H3,(H3,18,19,23,24)/t10-,13+/m0/s1. The van der Waals surface area contributed by atoms with Gasteiger partial charge in [-0.15, -0.1) is 16.8 Å². The van der Waals surface area contributed by atoms with Gasteiger partial charge in [0.2, 0.25) is 5.91 Å². The van der Waals surface area contributed by atoms with E-state index < -0.39 is 23.3 Å². The smallest absolute Gasteiger partial charge is 0.318 e. The third-order valence-corrected chi connectivity index (χ3v) is 4.83. The van der Waals surface area contributed by atoms with Gasteiger partial charge in [-0.2, -0.15) is 0 Å². The van der Waals surface area contributed by atoms with E-state index in [9.17, 15) is 9.59 Å². The minimum atomic E-state index is -0.896. The molecule has 0 bridgehead atoms. The zero-order chi connectivity index (χ0) is 19.4. The number of ether oxygens (including phenoxy) is 2. The molecule has 3 rings (SSSR count). The van der Waals surface area contributed by atoms with Gasteiger partial charge >= 0.3 is 6.03 Å². The Morgan fingerprint density at radius 1 is 1.44 bits per heavy atom. The highest BCUT2D eigenvalue weighted by molar-refractivity contribution is 8.00. The Hall–Kier alpha value is -3.01. The summed E-state index contributed by atoms with van der Waals surface area (Å²) >= 11 is 1.16. The number of para-hydroxylation sites is 2. The third kappa shape index (κ3) is 4.22. The van der Waals surface area contributed by atoms with Gasteiger partial charge in [0.05, 0.1) is 5.25 Å². The second-order valence-corrected chi connectivity index (χ2v) is 7.03. The number of amides is 3. The molecular weight excluding hydrogens is 370 g/mol. The number of carbonyl (C=O) groups excluding carboxylic acids is 2. The fourth-order valence-corrected chi connectivity index (χ4v) is 3.37. The Morgan fingerprint density at radius 3 is 2.89 bits per heavy atom. The molecule has 0 spiro atoms. The van der Waals surface area contributed by atoms with Crippen LogP contribution in [0.4, 0.5) is 4.79 Å². The molecule has 142 valence electrons. The fourth-order valence-electron chi connectivity index (χ4n) is 2.51. The van der Waals surface area contributed by atoms with E-state index in [-0.39, 0.29) is 6.61 Å². The van der Waals surface area contributed by atoms with Gasteiger partial charge in [-0.3, -0.25) is 14.7 Å². The molecule has 1 aromatic carbocycles. The number of hydrogen-bond acceptors (Lipinski definition) is 7. The quantitative estimate of drug-likeness (QED) is 0.569. The van der Waals surface area contributed by atoms with Crippen molar-refractivity contribution in [2.24, 2.45) is 5.73 Å². The lowest BCUT2D eigenvalue weighted by Gasteiger charge is -2.26. The van der Waals surface area contributed by atoms with Crippen molar-refractivity contribution < 1.29 is 19.1 Å². The number of carbonyl (C=O) groups is 2. The summed E-state index contributed by atoms with van der Waals surface area (Å²) in [6, 6.07) is 6.49. The Balaban J connectivity index is 1.80. The molecule has 3 N–H and O–H groups in total. The van der Waals surface area contributed by atoms with Gasteiger partial charge in [0, 0.05) is 6.54 Å². The van der Waals surface area contributed by atoms with Crippen LogP contribution in [-0.2, 0) is 11.3 Å². The van der Waals surface area contributed by atoms with Crippen LogP contribution in [0, 0.1) is 0 Å². The highest BCUT2D eigenvalue weighted by Gasteiger charge is 2.29. The number of benzene rings is 1. The van der Waals surface area contributed by atoms with E-state index in [2.05, 4.69) is 22.1 Å². The molecule has 1 aromatic heterocycles. The van der Waals surface area contributed by atoms with Crippen LogP contribution >= 0.6 is 11.8 Å². The lowest BCUT2D eigenvalue weighted by atomic mass is 10.2. The number of thioether (sulfide) groups is 1. The van der Waals surface area contributed by atoms with Gasteiger partial charge in [0.1, 0.15) is 6.61 Å². The minimum Gasteiger partial charge on any atom is -0.485 e. The number of hydrogen-bond donors (Lipinski definition) is 2. The van der Waals surface area contributed by atoms with Gasteiger partial charge in [-0.1, -0.05) is 30.0 Å². The number of urea groups is 1. The average Bonchev–Trinajstić information content (AvgIpc) is 3.03. The summed E-state index contributed by atoms with van der Waals surface area (Å²) in [6.07, 6.45) is 1.25. The van der Waals surface area contributed by atoms with E-state index in [0.29, 0.717) is 29.0 Å². The van der Waals surface area contributed by atoms with Crippen LogP contribution in [-0.4, -0.2) is 38.6 Å². The summed E-state index contributed by atoms with van der Waals surface area (Å²) in [4.78, 5) is 22.8. The van der Waals surface area contributed by atoms with Crippen molar-refractivity contribution in [3.05, 3.63) is 42.7 Å². The Labute approximate surface area is 159 Å². The molecular formula is C17H19N5O4S. The highest BCUT2D eigenvalue weighted by Crippen LogP contribution is 2.36. The monoisotopic (exact) mass is 389 g/mol. The molecule has 2 aromatic rings. The molecule has 27 heavy (non-hydrogen) atoms. The summed E-state index contributed by atoms with van der Waals surface area (Å²) in [5.74, 6) is 1.36. The van der Waals surface area contributed by atoms with Gasteiger partial charge in [0.15, 0.2) is 28.6 Å². The second kappa shape index (κ2) is 8.12. The van der Waals surface area contributed by atoms with Crippen molar-refractivity contribution in [1.29, 1.82) is 0 Å². The molecule has 0 fully saturated rings. The molecule has 0 radical (unpaired) electrons. The van der Waals surface area contributed by atoms with Crippen LogP contribution in [0.2, 0.25) is 0 Å². The zero-order valence-electron chi connectivity index (χ0n) is 14.6. The molecule has 9 nitrogen and oxygen atoms in total. The van der Waals surface area contributed by atoms with Crippen LogP contribution in [0.3, 0.4) is 0 Å². The lowest BCUT2D eigenvalue weighted by molar-refractivity contribution is -0.119. The third-order valence-electron chi connectivity index (χ3n) is 3.75. The summed E-state index contributed by atoms with van der Waals surface area (Å²) in [5, 5.41) is 10.3. The van der Waals surface area contributed by atoms with Crippen molar-refractivity contribution >= 4 is 23.7 Å². The predicted octanol–water partition coefficient (Wildman–Crippen LogP) is 1.65. The lowest BCUT2D eigenvalue weighted by Crippen LogP contribution is -2.39. The summed E-state index contributed by atoms with van der Waals surface area (Å²) < 4.78 is 13.5. The van der Waals surface area contributed by atoms with E-state index in [1.54, 1.807) is 17.6 Å². The van der Waals surface area contributed by atoms with Gasteiger partial charge in [-0.25, -0.2) is 4.79 Å². The Morgan fingerprint density at radius 2 is 2.19 bits per heavy atom. The van der Waals surface area contributed by atoms with Gasteiger partial charge in [-0.05, 0) is 19.1 Å². The summed E-state index contributed by atoms with van der Waals surface area (Å²) in [6.45, 7) is 6.11. The highest BCUT2D eigenvalue weighted by atomic mass is 32.2. The number of nitrogens with one attached hydrogen (secondary N) is 1. The van der Waals surface area contributed by atoms with E-state index in [4.69, 9.17) is 15.2 Å². The van der Waals surface area contributed by atoms with E-state index in [1.165, 1.54) is 0 Å². The van der Waals surface area contributed by atoms with Crippen LogP contribution in [0.25, 0.3) is 0 Å². The molecule has 1 aliphatic heterocycles. The van der Waals surface area contributed by atoms with Crippen molar-refractivity contribution in [1.82, 2.24) is 20.1 Å². The molecule has 3 amide bonds. The number of nitrogens with zero attached hydrogens (tertiary/aromatic N) is 3. The molecule has 1 aliphatic rings. The molecule has 0 unspecified atom stereocenters. The molecule has 2 atom stereocenters. The molecule has 0 aliphatic carbocycles. The van der Waals surface area contributed by atoms with Crippen molar-refractivity contribution in [3.63, 3.8) is 0 Å². The SMILES string of the molecule is C=CCn1c(S[C@@H](C)C(=O)NC(N)=O)nnc1[C@H]1COc2ccccc2O1. The average molecular weight is 389 g/mol. The predicted molar refractivity (Wildman–Crippen MR) is 98.6 cm³/mol. The topological polar surface area (TPSA) is 121 Å². The van der Waals surface area contributed by atoms with E-state index in [0.717, 1.165) is 11.8 Å². The number of aromatic nitrogens is 3. The van der Waals surface area contributed by atoms with Crippen molar-refractivity contribution in [2.75, 3.05) is 6.61 Å².